The maximum absolute atomic E-state index is 10.5. The highest BCUT2D eigenvalue weighted by Crippen LogP contribution is 2.13. The Hall–Kier alpha value is -1.91. The van der Waals surface area contributed by atoms with E-state index in [1.54, 1.807) is 12.4 Å². The van der Waals surface area contributed by atoms with Crippen LogP contribution in [0.1, 0.15) is 33.3 Å². The van der Waals surface area contributed by atoms with Gasteiger partial charge in [-0.1, -0.05) is 27.7 Å². The van der Waals surface area contributed by atoms with Gasteiger partial charge in [0.2, 0.25) is 5.95 Å². The summed E-state index contributed by atoms with van der Waals surface area (Å²) in [6, 6.07) is 0. The van der Waals surface area contributed by atoms with Gasteiger partial charge in [0.15, 0.2) is 0 Å². The zero-order chi connectivity index (χ0) is 15.1. The average molecular weight is 277 g/mol. The molecule has 1 aromatic heterocycles. The number of hydrogen-bond donors (Lipinski definition) is 1. The van der Waals surface area contributed by atoms with E-state index in [9.17, 15) is 4.79 Å². The van der Waals surface area contributed by atoms with Crippen LogP contribution in [0.25, 0.3) is 6.08 Å². The number of carbonyl (C=O) groups is 1. The number of carboxylic acids is 1. The summed E-state index contributed by atoms with van der Waals surface area (Å²) in [5.41, 5.74) is 0.685. The van der Waals surface area contributed by atoms with Gasteiger partial charge >= 0.3 is 5.97 Å². The summed E-state index contributed by atoms with van der Waals surface area (Å²) in [6.07, 6.45) is 5.87. The minimum absolute atomic E-state index is 0.531. The molecule has 0 radical (unpaired) electrons. The van der Waals surface area contributed by atoms with E-state index in [0.29, 0.717) is 23.3 Å². The number of aromatic nitrogens is 2. The molecule has 1 rings (SSSR count). The second-order valence-electron chi connectivity index (χ2n) is 5.68. The third-order valence-electron chi connectivity index (χ3n) is 2.53. The Kier molecular flexibility index (Phi) is 6.15. The first-order valence-electron chi connectivity index (χ1n) is 6.86. The molecule has 5 nitrogen and oxygen atoms in total. The molecule has 0 bridgehead atoms. The zero-order valence-electron chi connectivity index (χ0n) is 12.6. The van der Waals surface area contributed by atoms with Crippen molar-refractivity contribution < 1.29 is 9.90 Å². The molecule has 0 amide bonds. The lowest BCUT2D eigenvalue weighted by Crippen LogP contribution is -2.32. The molecule has 0 atom stereocenters. The van der Waals surface area contributed by atoms with Gasteiger partial charge in [-0.2, -0.15) is 0 Å². The molecule has 0 spiro atoms. The summed E-state index contributed by atoms with van der Waals surface area (Å²) in [5.74, 6) is 0.781. The summed E-state index contributed by atoms with van der Waals surface area (Å²) in [4.78, 5) is 21.3. The van der Waals surface area contributed by atoms with Crippen LogP contribution < -0.4 is 4.90 Å². The maximum Gasteiger partial charge on any atom is 0.328 e. The monoisotopic (exact) mass is 277 g/mol. The molecule has 0 unspecified atom stereocenters. The Labute approximate surface area is 120 Å². The van der Waals surface area contributed by atoms with Crippen LogP contribution >= 0.6 is 0 Å². The Bertz CT molecular complexity index is 443. The highest BCUT2D eigenvalue weighted by molar-refractivity contribution is 5.85. The van der Waals surface area contributed by atoms with E-state index in [1.807, 2.05) is 0 Å². The van der Waals surface area contributed by atoms with Gasteiger partial charge in [-0.05, 0) is 17.9 Å². The van der Waals surface area contributed by atoms with Gasteiger partial charge in [0.05, 0.1) is 0 Å². The van der Waals surface area contributed by atoms with Crippen molar-refractivity contribution in [3.05, 3.63) is 24.0 Å². The van der Waals surface area contributed by atoms with E-state index in [0.717, 1.165) is 19.2 Å². The van der Waals surface area contributed by atoms with Crippen molar-refractivity contribution >= 4 is 18.0 Å². The lowest BCUT2D eigenvalue weighted by atomic mass is 10.1. The van der Waals surface area contributed by atoms with E-state index in [2.05, 4.69) is 42.6 Å². The predicted octanol–water partition coefficient (Wildman–Crippen LogP) is 2.69. The second-order valence-corrected chi connectivity index (χ2v) is 5.68. The van der Waals surface area contributed by atoms with Crippen LogP contribution in [0.15, 0.2) is 18.5 Å². The highest BCUT2D eigenvalue weighted by Gasteiger charge is 2.12. The molecule has 0 fully saturated rings. The van der Waals surface area contributed by atoms with E-state index < -0.39 is 5.97 Å². The lowest BCUT2D eigenvalue weighted by Gasteiger charge is -2.26. The summed E-state index contributed by atoms with van der Waals surface area (Å²) in [6.45, 7) is 10.5. The molecule has 0 aromatic carbocycles. The Balaban J connectivity index is 2.83. The summed E-state index contributed by atoms with van der Waals surface area (Å²) < 4.78 is 0. The molecule has 0 saturated carbocycles. The molecule has 1 aromatic rings. The summed E-state index contributed by atoms with van der Waals surface area (Å²) in [7, 11) is 0. The predicted molar refractivity (Wildman–Crippen MR) is 80.6 cm³/mol. The fourth-order valence-corrected chi connectivity index (χ4v) is 1.87. The van der Waals surface area contributed by atoms with E-state index in [4.69, 9.17) is 5.11 Å². The van der Waals surface area contributed by atoms with E-state index >= 15 is 0 Å². The second kappa shape index (κ2) is 7.62. The molecule has 5 heteroatoms. The van der Waals surface area contributed by atoms with Gasteiger partial charge < -0.3 is 10.0 Å². The van der Waals surface area contributed by atoms with Crippen LogP contribution in [-0.2, 0) is 4.79 Å². The fourth-order valence-electron chi connectivity index (χ4n) is 1.87. The third kappa shape index (κ3) is 5.82. The van der Waals surface area contributed by atoms with E-state index in [-0.39, 0.29) is 0 Å². The van der Waals surface area contributed by atoms with Gasteiger partial charge in [0.25, 0.3) is 0 Å². The number of hydrogen-bond acceptors (Lipinski definition) is 4. The number of anilines is 1. The topological polar surface area (TPSA) is 66.3 Å². The first-order valence-corrected chi connectivity index (χ1v) is 6.86. The fraction of sp³-hybridized carbons (Fsp3) is 0.533. The smallest absolute Gasteiger partial charge is 0.328 e. The number of carboxylic acid groups (broad SMARTS) is 1. The van der Waals surface area contributed by atoms with Crippen molar-refractivity contribution in [2.45, 2.75) is 27.7 Å². The van der Waals surface area contributed by atoms with Gasteiger partial charge in [0.1, 0.15) is 0 Å². The van der Waals surface area contributed by atoms with Crippen LogP contribution in [0, 0.1) is 11.8 Å². The Morgan fingerprint density at radius 3 is 2.10 bits per heavy atom. The maximum atomic E-state index is 10.5. The van der Waals surface area contributed by atoms with Gasteiger partial charge in [-0.15, -0.1) is 0 Å². The average Bonchev–Trinajstić information content (AvgIpc) is 2.35. The van der Waals surface area contributed by atoms with Crippen molar-refractivity contribution in [1.29, 1.82) is 0 Å². The number of aliphatic carboxylic acids is 1. The standard InChI is InChI=1S/C15H23N3O2/c1-11(2)9-18(10-12(3)4)15-16-7-13(8-17-15)5-6-14(19)20/h5-8,11-12H,9-10H2,1-4H3,(H,19,20)/b6-5+. The largest absolute Gasteiger partial charge is 0.478 e. The molecule has 1 heterocycles. The quantitative estimate of drug-likeness (QED) is 0.776. The Morgan fingerprint density at radius 2 is 1.70 bits per heavy atom. The van der Waals surface area contributed by atoms with Crippen molar-refractivity contribution in [3.8, 4) is 0 Å². The normalized spacial score (nSPS) is 11.5. The van der Waals surface area contributed by atoms with Crippen LogP contribution in [0.2, 0.25) is 0 Å². The lowest BCUT2D eigenvalue weighted by molar-refractivity contribution is -0.131. The molecule has 20 heavy (non-hydrogen) atoms. The minimum Gasteiger partial charge on any atom is -0.478 e. The van der Waals surface area contributed by atoms with Crippen LogP contribution in [0.3, 0.4) is 0 Å². The molecule has 0 aliphatic heterocycles. The first kappa shape index (κ1) is 16.1. The van der Waals surface area contributed by atoms with Crippen molar-refractivity contribution in [3.63, 3.8) is 0 Å². The molecule has 0 aliphatic carbocycles. The molecular formula is C15H23N3O2. The van der Waals surface area contributed by atoms with Crippen molar-refractivity contribution in [1.82, 2.24) is 9.97 Å². The highest BCUT2D eigenvalue weighted by atomic mass is 16.4. The van der Waals surface area contributed by atoms with Crippen molar-refractivity contribution in [2.24, 2.45) is 11.8 Å². The van der Waals surface area contributed by atoms with Crippen LogP contribution in [-0.4, -0.2) is 34.1 Å². The number of rotatable bonds is 7. The molecule has 0 aliphatic rings. The third-order valence-corrected chi connectivity index (χ3v) is 2.53. The Morgan fingerprint density at radius 1 is 1.20 bits per heavy atom. The van der Waals surface area contributed by atoms with Crippen LogP contribution in [0.4, 0.5) is 5.95 Å². The molecule has 0 saturated heterocycles. The minimum atomic E-state index is -0.977. The zero-order valence-corrected chi connectivity index (χ0v) is 12.6. The molecular weight excluding hydrogens is 254 g/mol. The SMILES string of the molecule is CC(C)CN(CC(C)C)c1ncc(/C=C/C(=O)O)cn1. The van der Waals surface area contributed by atoms with Crippen LogP contribution in [0.5, 0.6) is 0 Å². The first-order chi connectivity index (χ1) is 9.38. The van der Waals surface area contributed by atoms with E-state index in [1.165, 1.54) is 6.08 Å². The van der Waals surface area contributed by atoms with Gasteiger partial charge in [-0.3, -0.25) is 0 Å². The number of nitrogens with zero attached hydrogens (tertiary/aromatic N) is 3. The van der Waals surface area contributed by atoms with Crippen molar-refractivity contribution in [2.75, 3.05) is 18.0 Å². The van der Waals surface area contributed by atoms with Gasteiger partial charge in [0, 0.05) is 37.1 Å². The summed E-state index contributed by atoms with van der Waals surface area (Å²) >= 11 is 0. The molecule has 110 valence electrons. The summed E-state index contributed by atoms with van der Waals surface area (Å²) in [5, 5.41) is 8.58. The van der Waals surface area contributed by atoms with Gasteiger partial charge in [-0.25, -0.2) is 14.8 Å². The molecule has 1 N–H and O–H groups in total.